The van der Waals surface area contributed by atoms with E-state index < -0.39 is 35.6 Å². The number of alkyl halides is 3. The van der Waals surface area contributed by atoms with E-state index in [9.17, 15) is 27.2 Å². The van der Waals surface area contributed by atoms with Gasteiger partial charge in [0.1, 0.15) is 17.2 Å². The zero-order valence-corrected chi connectivity index (χ0v) is 24.8. The van der Waals surface area contributed by atoms with Crippen molar-refractivity contribution in [1.29, 1.82) is 0 Å². The van der Waals surface area contributed by atoms with Gasteiger partial charge in [-0.05, 0) is 93.3 Å². The average molecular weight is 600 g/mol. The summed E-state index contributed by atoms with van der Waals surface area (Å²) in [6.45, 7) is 6.00. The Hall–Kier alpha value is -3.43. The molecule has 0 radical (unpaired) electrons. The molecule has 1 aliphatic heterocycles. The van der Waals surface area contributed by atoms with E-state index in [4.69, 9.17) is 9.72 Å². The van der Waals surface area contributed by atoms with E-state index in [1.807, 2.05) is 16.7 Å². The largest absolute Gasteiger partial charge is 0.444 e. The second-order valence-corrected chi connectivity index (χ2v) is 13.5. The fraction of sp³-hybridized carbons (Fsp3) is 0.545. The molecule has 0 N–H and O–H groups in total. The summed E-state index contributed by atoms with van der Waals surface area (Å²) < 4.78 is 60.7. The van der Waals surface area contributed by atoms with Crippen LogP contribution in [0.5, 0.6) is 0 Å². The topological polar surface area (TPSA) is 64.4 Å². The molecular weight excluding hydrogens is 562 g/mol. The SMILES string of the molecule is CC(C)(C)OC(=O)N1CC2(Cc3cc4cc(F)ccc4cc3C(Cc3nc4c(n3CCCC(F)(F)F)CCCC4)C2=O)C1. The Labute approximate surface area is 248 Å². The zero-order valence-electron chi connectivity index (χ0n) is 24.8. The highest BCUT2D eigenvalue weighted by Crippen LogP contribution is 2.48. The van der Waals surface area contributed by atoms with Gasteiger partial charge in [0.25, 0.3) is 0 Å². The molecular formula is C33H37F4N3O3. The Bertz CT molecular complexity index is 1580. The molecule has 230 valence electrons. The van der Waals surface area contributed by atoms with Crippen molar-refractivity contribution in [2.45, 2.75) is 96.4 Å². The number of carbonyl (C=O) groups excluding carboxylic acids is 2. The van der Waals surface area contributed by atoms with Gasteiger partial charge in [-0.15, -0.1) is 0 Å². The fourth-order valence-corrected chi connectivity index (χ4v) is 7.08. The predicted molar refractivity (Wildman–Crippen MR) is 153 cm³/mol. The van der Waals surface area contributed by atoms with Crippen molar-refractivity contribution >= 4 is 22.6 Å². The zero-order chi connectivity index (χ0) is 30.7. The van der Waals surface area contributed by atoms with E-state index in [-0.39, 0.29) is 44.1 Å². The second-order valence-electron chi connectivity index (χ2n) is 13.5. The molecule has 10 heteroatoms. The van der Waals surface area contributed by atoms with Crippen molar-refractivity contribution < 1.29 is 31.9 Å². The number of likely N-dealkylation sites (tertiary alicyclic amines) is 1. The number of amides is 1. The minimum absolute atomic E-state index is 0.00378. The van der Waals surface area contributed by atoms with Crippen LogP contribution in [0.2, 0.25) is 0 Å². The van der Waals surface area contributed by atoms with Crippen molar-refractivity contribution in [3.8, 4) is 0 Å². The molecule has 1 atom stereocenters. The number of imidazole rings is 1. The third-order valence-electron chi connectivity index (χ3n) is 8.98. The highest BCUT2D eigenvalue weighted by Gasteiger charge is 2.56. The smallest absolute Gasteiger partial charge is 0.410 e. The highest BCUT2D eigenvalue weighted by molar-refractivity contribution is 5.98. The van der Waals surface area contributed by atoms with Crippen molar-refractivity contribution in [3.05, 3.63) is 64.5 Å². The van der Waals surface area contributed by atoms with Crippen LogP contribution in [0.3, 0.4) is 0 Å². The van der Waals surface area contributed by atoms with Crippen LogP contribution >= 0.6 is 0 Å². The molecule has 6 nitrogen and oxygen atoms in total. The molecule has 1 saturated heterocycles. The number of halogens is 4. The first-order valence-corrected chi connectivity index (χ1v) is 15.1. The number of carbonyl (C=O) groups is 2. The number of ketones is 1. The van der Waals surface area contributed by atoms with Crippen LogP contribution in [-0.4, -0.2) is 51.2 Å². The first-order valence-electron chi connectivity index (χ1n) is 15.1. The first-order chi connectivity index (χ1) is 20.2. The summed E-state index contributed by atoms with van der Waals surface area (Å²) in [5.41, 5.74) is 2.18. The third-order valence-corrected chi connectivity index (χ3v) is 8.98. The summed E-state index contributed by atoms with van der Waals surface area (Å²) in [5.74, 6) is -0.303. The second kappa shape index (κ2) is 10.6. The summed E-state index contributed by atoms with van der Waals surface area (Å²) >= 11 is 0. The van der Waals surface area contributed by atoms with Crippen molar-refractivity contribution in [3.63, 3.8) is 0 Å². The lowest BCUT2D eigenvalue weighted by molar-refractivity contribution is -0.141. The monoisotopic (exact) mass is 599 g/mol. The fourth-order valence-electron chi connectivity index (χ4n) is 7.08. The summed E-state index contributed by atoms with van der Waals surface area (Å²) in [6.07, 6.45) is -1.51. The van der Waals surface area contributed by atoms with Crippen LogP contribution in [0.4, 0.5) is 22.4 Å². The maximum atomic E-state index is 14.4. The van der Waals surface area contributed by atoms with E-state index in [0.29, 0.717) is 12.2 Å². The van der Waals surface area contributed by atoms with Crippen LogP contribution in [0, 0.1) is 11.2 Å². The number of rotatable bonds is 5. The number of aromatic nitrogens is 2. The standard InChI is InChI=1S/C33H37F4N3O3/c1-31(2,3)43-30(42)39-18-32(19-39)17-22-13-21-14-23(34)10-9-20(21)15-24(22)25(29(32)41)16-28-38-26-7-4-5-8-27(26)40(28)12-6-11-33(35,36)37/h9-10,13-15,25H,4-8,11-12,16-19H2,1-3H3. The van der Waals surface area contributed by atoms with Gasteiger partial charge in [0.2, 0.25) is 0 Å². The normalized spacial score (nSPS) is 19.7. The average Bonchev–Trinajstić information content (AvgIpc) is 3.23. The molecule has 2 aromatic carbocycles. The van der Waals surface area contributed by atoms with Gasteiger partial charge < -0.3 is 14.2 Å². The molecule has 2 aliphatic carbocycles. The molecule has 1 spiro atoms. The lowest BCUT2D eigenvalue weighted by Crippen LogP contribution is -2.65. The van der Waals surface area contributed by atoms with Crippen LogP contribution < -0.4 is 0 Å². The van der Waals surface area contributed by atoms with Gasteiger partial charge in [-0.3, -0.25) is 4.79 Å². The molecule has 3 aliphatic rings. The highest BCUT2D eigenvalue weighted by atomic mass is 19.4. The molecule has 2 heterocycles. The van der Waals surface area contributed by atoms with E-state index >= 15 is 0 Å². The van der Waals surface area contributed by atoms with Crippen molar-refractivity contribution in [2.24, 2.45) is 5.41 Å². The third kappa shape index (κ3) is 5.89. The summed E-state index contributed by atoms with van der Waals surface area (Å²) in [7, 11) is 0. The van der Waals surface area contributed by atoms with Crippen LogP contribution in [0.15, 0.2) is 30.3 Å². The number of Topliss-reactive ketones (excluding diaryl/α,β-unsaturated/α-hetero) is 1. The minimum Gasteiger partial charge on any atom is -0.444 e. The van der Waals surface area contributed by atoms with Gasteiger partial charge in [0.05, 0.1) is 17.0 Å². The Morgan fingerprint density at radius 3 is 2.53 bits per heavy atom. The molecule has 1 unspecified atom stereocenters. The predicted octanol–water partition coefficient (Wildman–Crippen LogP) is 7.09. The number of aryl methyl sites for hydroxylation is 1. The van der Waals surface area contributed by atoms with Gasteiger partial charge >= 0.3 is 12.3 Å². The van der Waals surface area contributed by atoms with Crippen molar-refractivity contribution in [2.75, 3.05) is 13.1 Å². The van der Waals surface area contributed by atoms with Gasteiger partial charge in [-0.1, -0.05) is 18.2 Å². The molecule has 43 heavy (non-hydrogen) atoms. The van der Waals surface area contributed by atoms with E-state index in [2.05, 4.69) is 0 Å². The summed E-state index contributed by atoms with van der Waals surface area (Å²) in [6, 6.07) is 8.44. The Morgan fingerprint density at radius 2 is 1.81 bits per heavy atom. The maximum Gasteiger partial charge on any atom is 0.410 e. The number of fused-ring (bicyclic) bond motifs is 3. The summed E-state index contributed by atoms with van der Waals surface area (Å²) in [5, 5.41) is 1.54. The van der Waals surface area contributed by atoms with E-state index in [1.54, 1.807) is 31.7 Å². The minimum atomic E-state index is -4.24. The lowest BCUT2D eigenvalue weighted by atomic mass is 9.61. The van der Waals surface area contributed by atoms with Crippen molar-refractivity contribution in [1.82, 2.24) is 14.5 Å². The Kier molecular flexibility index (Phi) is 7.32. The molecule has 1 aromatic heterocycles. The van der Waals surface area contributed by atoms with Crippen LogP contribution in [-0.2, 0) is 41.8 Å². The van der Waals surface area contributed by atoms with E-state index in [1.165, 1.54) is 12.1 Å². The number of benzene rings is 2. The molecule has 0 bridgehead atoms. The number of hydrogen-bond donors (Lipinski definition) is 0. The number of ether oxygens (including phenoxy) is 1. The number of nitrogens with zero attached hydrogens (tertiary/aromatic N) is 3. The van der Waals surface area contributed by atoms with Gasteiger partial charge in [-0.2, -0.15) is 13.2 Å². The quantitative estimate of drug-likeness (QED) is 0.294. The number of hydrogen-bond acceptors (Lipinski definition) is 4. The lowest BCUT2D eigenvalue weighted by Gasteiger charge is -2.52. The molecule has 6 rings (SSSR count). The Balaban J connectivity index is 1.36. The van der Waals surface area contributed by atoms with Gasteiger partial charge in [-0.25, -0.2) is 14.2 Å². The maximum absolute atomic E-state index is 14.4. The molecule has 1 fully saturated rings. The van der Waals surface area contributed by atoms with Crippen LogP contribution in [0.25, 0.3) is 10.8 Å². The Morgan fingerprint density at radius 1 is 1.07 bits per heavy atom. The van der Waals surface area contributed by atoms with Gasteiger partial charge in [0.15, 0.2) is 5.78 Å². The van der Waals surface area contributed by atoms with Gasteiger partial charge in [0, 0.05) is 38.2 Å². The van der Waals surface area contributed by atoms with Crippen LogP contribution in [0.1, 0.15) is 80.7 Å². The summed E-state index contributed by atoms with van der Waals surface area (Å²) in [4.78, 5) is 33.7. The first kappa shape index (κ1) is 29.6. The molecule has 3 aromatic rings. The van der Waals surface area contributed by atoms with E-state index in [0.717, 1.165) is 59.0 Å². The molecule has 1 amide bonds. The molecule has 0 saturated carbocycles.